The minimum Gasteiger partial charge on any atom is -0.456 e. The van der Waals surface area contributed by atoms with Crippen LogP contribution >= 0.6 is 0 Å². The first-order valence-electron chi connectivity index (χ1n) is 4.81. The molecule has 0 bridgehead atoms. The summed E-state index contributed by atoms with van der Waals surface area (Å²) in [6.45, 7) is 1.70. The Morgan fingerprint density at radius 3 is 2.56 bits per heavy atom. The third-order valence-corrected chi connectivity index (χ3v) is 2.14. The highest BCUT2D eigenvalue weighted by atomic mass is 19.1. The summed E-state index contributed by atoms with van der Waals surface area (Å²) in [5.41, 5.74) is 6.02. The molecule has 0 unspecified atom stereocenters. The van der Waals surface area contributed by atoms with Crippen molar-refractivity contribution in [2.45, 2.75) is 6.92 Å². The molecule has 82 valence electrons. The van der Waals surface area contributed by atoms with E-state index in [2.05, 4.69) is 4.98 Å². The summed E-state index contributed by atoms with van der Waals surface area (Å²) in [5.74, 6) is 1.09. The average molecular weight is 218 g/mol. The third-order valence-electron chi connectivity index (χ3n) is 2.14. The fourth-order valence-corrected chi connectivity index (χ4v) is 1.23. The van der Waals surface area contributed by atoms with E-state index in [4.69, 9.17) is 10.5 Å². The molecule has 0 aliphatic carbocycles. The number of ether oxygens (including phenoxy) is 1. The van der Waals surface area contributed by atoms with E-state index in [0.717, 1.165) is 0 Å². The van der Waals surface area contributed by atoms with Crippen LogP contribution in [0.3, 0.4) is 0 Å². The molecular weight excluding hydrogens is 207 g/mol. The number of benzene rings is 1. The Labute approximate surface area is 92.7 Å². The average Bonchev–Trinajstić information content (AvgIpc) is 2.27. The molecule has 0 amide bonds. The van der Waals surface area contributed by atoms with Crippen LogP contribution < -0.4 is 10.5 Å². The lowest BCUT2D eigenvalue weighted by atomic mass is 10.2. The van der Waals surface area contributed by atoms with E-state index in [1.54, 1.807) is 31.2 Å². The van der Waals surface area contributed by atoms with Crippen molar-refractivity contribution in [2.24, 2.45) is 0 Å². The minimum atomic E-state index is -0.291. The molecule has 0 saturated carbocycles. The lowest BCUT2D eigenvalue weighted by molar-refractivity contribution is 0.474. The maximum atomic E-state index is 13.2. The van der Waals surface area contributed by atoms with Crippen LogP contribution in [0.25, 0.3) is 0 Å². The highest BCUT2D eigenvalue weighted by molar-refractivity contribution is 5.36. The number of aromatic nitrogens is 1. The highest BCUT2D eigenvalue weighted by Crippen LogP contribution is 2.22. The summed E-state index contributed by atoms with van der Waals surface area (Å²) in [6.07, 6.45) is 1.49. The van der Waals surface area contributed by atoms with Gasteiger partial charge in [-0.25, -0.2) is 9.37 Å². The van der Waals surface area contributed by atoms with Gasteiger partial charge in [-0.05, 0) is 30.7 Å². The Morgan fingerprint density at radius 2 is 1.94 bits per heavy atom. The van der Waals surface area contributed by atoms with E-state index in [9.17, 15) is 4.39 Å². The molecule has 4 heteroatoms. The number of nitrogens with zero attached hydrogens (tertiary/aromatic N) is 1. The molecule has 2 rings (SSSR count). The Hall–Kier alpha value is -2.10. The summed E-state index contributed by atoms with van der Waals surface area (Å²) in [5, 5.41) is 0. The van der Waals surface area contributed by atoms with Crippen LogP contribution in [0, 0.1) is 12.7 Å². The minimum absolute atomic E-state index is 0.291. The molecule has 0 radical (unpaired) electrons. The topological polar surface area (TPSA) is 48.1 Å². The molecule has 0 fully saturated rings. The molecule has 0 spiro atoms. The number of nitrogen functional groups attached to an aromatic ring is 1. The van der Waals surface area contributed by atoms with Crippen LogP contribution in [-0.2, 0) is 0 Å². The Kier molecular flexibility index (Phi) is 2.72. The zero-order chi connectivity index (χ0) is 11.5. The molecule has 0 aliphatic heterocycles. The van der Waals surface area contributed by atoms with Crippen LogP contribution in [0.5, 0.6) is 11.5 Å². The number of halogens is 1. The quantitative estimate of drug-likeness (QED) is 0.843. The Bertz CT molecular complexity index is 497. The fourth-order valence-electron chi connectivity index (χ4n) is 1.23. The normalized spacial score (nSPS) is 10.1. The number of nitrogens with two attached hydrogens (primary N) is 1. The van der Waals surface area contributed by atoms with Crippen molar-refractivity contribution in [3.63, 3.8) is 0 Å². The molecule has 3 nitrogen and oxygen atoms in total. The third kappa shape index (κ3) is 2.28. The van der Waals surface area contributed by atoms with E-state index in [1.165, 1.54) is 12.3 Å². The van der Waals surface area contributed by atoms with E-state index in [-0.39, 0.29) is 5.82 Å². The number of aryl methyl sites for hydroxylation is 1. The second-order valence-electron chi connectivity index (χ2n) is 3.43. The van der Waals surface area contributed by atoms with Gasteiger partial charge in [-0.2, -0.15) is 0 Å². The maximum Gasteiger partial charge on any atom is 0.145 e. The number of anilines is 1. The summed E-state index contributed by atoms with van der Waals surface area (Å²) in [6, 6.07) is 8.01. The lowest BCUT2D eigenvalue weighted by Gasteiger charge is -2.06. The molecule has 16 heavy (non-hydrogen) atoms. The van der Waals surface area contributed by atoms with Crippen molar-refractivity contribution >= 4 is 5.82 Å². The van der Waals surface area contributed by atoms with E-state index in [1.807, 2.05) is 0 Å². The monoisotopic (exact) mass is 218 g/mol. The molecule has 2 aromatic rings. The van der Waals surface area contributed by atoms with Gasteiger partial charge in [-0.1, -0.05) is 6.07 Å². The van der Waals surface area contributed by atoms with Crippen molar-refractivity contribution in [3.05, 3.63) is 47.9 Å². The largest absolute Gasteiger partial charge is 0.456 e. The molecule has 0 aliphatic rings. The maximum absolute atomic E-state index is 13.2. The number of hydrogen-bond donors (Lipinski definition) is 1. The van der Waals surface area contributed by atoms with Gasteiger partial charge < -0.3 is 10.5 Å². The second kappa shape index (κ2) is 4.18. The smallest absolute Gasteiger partial charge is 0.145 e. The molecule has 1 aromatic heterocycles. The van der Waals surface area contributed by atoms with E-state index in [0.29, 0.717) is 22.9 Å². The van der Waals surface area contributed by atoms with Gasteiger partial charge in [0.25, 0.3) is 0 Å². The molecule has 2 N–H and O–H groups in total. The van der Waals surface area contributed by atoms with Crippen molar-refractivity contribution in [1.82, 2.24) is 4.98 Å². The van der Waals surface area contributed by atoms with E-state index >= 15 is 0 Å². The highest BCUT2D eigenvalue weighted by Gasteiger charge is 2.01. The molecule has 0 atom stereocenters. The molecule has 1 heterocycles. The molecular formula is C12H11FN2O. The second-order valence-corrected chi connectivity index (χ2v) is 3.43. The van der Waals surface area contributed by atoms with Gasteiger partial charge in [0.1, 0.15) is 23.1 Å². The van der Waals surface area contributed by atoms with Gasteiger partial charge in [0.05, 0.1) is 6.20 Å². The first-order chi connectivity index (χ1) is 7.65. The van der Waals surface area contributed by atoms with Gasteiger partial charge in [0.2, 0.25) is 0 Å². The Morgan fingerprint density at radius 1 is 1.19 bits per heavy atom. The van der Waals surface area contributed by atoms with Crippen LogP contribution in [0.15, 0.2) is 36.5 Å². The predicted molar refractivity (Wildman–Crippen MR) is 59.9 cm³/mol. The number of pyridine rings is 1. The fraction of sp³-hybridized carbons (Fsp3) is 0.0833. The zero-order valence-electron chi connectivity index (χ0n) is 8.77. The number of hydrogen-bond acceptors (Lipinski definition) is 3. The van der Waals surface area contributed by atoms with Crippen LogP contribution in [0.4, 0.5) is 10.2 Å². The van der Waals surface area contributed by atoms with Gasteiger partial charge in [0, 0.05) is 6.07 Å². The summed E-state index contributed by atoms with van der Waals surface area (Å²) in [7, 11) is 0. The van der Waals surface area contributed by atoms with Gasteiger partial charge >= 0.3 is 0 Å². The molecule has 0 saturated heterocycles. The van der Waals surface area contributed by atoms with Crippen molar-refractivity contribution in [1.29, 1.82) is 0 Å². The van der Waals surface area contributed by atoms with Gasteiger partial charge in [0.15, 0.2) is 0 Å². The van der Waals surface area contributed by atoms with Crippen molar-refractivity contribution in [3.8, 4) is 11.5 Å². The number of rotatable bonds is 2. The van der Waals surface area contributed by atoms with Crippen LogP contribution in [0.1, 0.15) is 5.56 Å². The zero-order valence-corrected chi connectivity index (χ0v) is 8.77. The summed E-state index contributed by atoms with van der Waals surface area (Å²) in [4.78, 5) is 3.87. The predicted octanol–water partition coefficient (Wildman–Crippen LogP) is 2.90. The van der Waals surface area contributed by atoms with Gasteiger partial charge in [-0.3, -0.25) is 0 Å². The lowest BCUT2D eigenvalue weighted by Crippen LogP contribution is -1.91. The van der Waals surface area contributed by atoms with Crippen molar-refractivity contribution < 1.29 is 9.13 Å². The van der Waals surface area contributed by atoms with Crippen LogP contribution in [-0.4, -0.2) is 4.98 Å². The molecule has 1 aromatic carbocycles. The van der Waals surface area contributed by atoms with Gasteiger partial charge in [-0.15, -0.1) is 0 Å². The summed E-state index contributed by atoms with van der Waals surface area (Å²) < 4.78 is 18.6. The van der Waals surface area contributed by atoms with Crippen LogP contribution in [0.2, 0.25) is 0 Å². The SMILES string of the molecule is Cc1ccc(Oc2ccc(N)nc2)cc1F. The first kappa shape index (κ1) is 10.4. The Balaban J connectivity index is 2.20. The van der Waals surface area contributed by atoms with E-state index < -0.39 is 0 Å². The summed E-state index contributed by atoms with van der Waals surface area (Å²) >= 11 is 0. The van der Waals surface area contributed by atoms with Crippen molar-refractivity contribution in [2.75, 3.05) is 5.73 Å². The standard InChI is InChI=1S/C12H11FN2O/c1-8-2-3-9(6-11(8)13)16-10-4-5-12(14)15-7-10/h2-7H,1H3,(H2,14,15). The first-order valence-corrected chi connectivity index (χ1v) is 4.81.